The Labute approximate surface area is 245 Å². The molecule has 0 bridgehead atoms. The molecule has 8 heteroatoms. The summed E-state index contributed by atoms with van der Waals surface area (Å²) >= 11 is 4.79. The van der Waals surface area contributed by atoms with E-state index >= 15 is 0 Å². The minimum Gasteiger partial charge on any atom is -0.489 e. The number of ether oxygens (including phenoxy) is 1. The minimum atomic E-state index is -0.637. The number of nitrogens with zero attached hydrogens (tertiary/aromatic N) is 3. The molecule has 41 heavy (non-hydrogen) atoms. The number of carbonyl (C=O) groups excluding carboxylic acids is 1. The Bertz CT molecular complexity index is 1550. The van der Waals surface area contributed by atoms with Crippen molar-refractivity contribution in [1.82, 2.24) is 19.8 Å². The Morgan fingerprint density at radius 1 is 0.951 bits per heavy atom. The molecule has 3 aromatic carbocycles. The van der Waals surface area contributed by atoms with Crippen LogP contribution in [-0.4, -0.2) is 33.4 Å². The lowest BCUT2D eigenvalue weighted by Crippen LogP contribution is -2.46. The maximum absolute atomic E-state index is 13.9. The Kier molecular flexibility index (Phi) is 8.21. The number of rotatable bonds is 9. The summed E-state index contributed by atoms with van der Waals surface area (Å²) in [6.45, 7) is 1.70. The highest BCUT2D eigenvalue weighted by Crippen LogP contribution is 2.37. The first-order valence-electron chi connectivity index (χ1n) is 14.2. The van der Waals surface area contributed by atoms with E-state index in [0.29, 0.717) is 37.6 Å². The summed E-state index contributed by atoms with van der Waals surface area (Å²) < 4.78 is 7.56. The van der Waals surface area contributed by atoms with Gasteiger partial charge in [-0.3, -0.25) is 14.2 Å². The van der Waals surface area contributed by atoms with Crippen molar-refractivity contribution in [3.63, 3.8) is 0 Å². The summed E-state index contributed by atoms with van der Waals surface area (Å²) in [5.74, 6) is 1.89. The fourth-order valence-corrected chi connectivity index (χ4v) is 5.93. The van der Waals surface area contributed by atoms with Gasteiger partial charge in [-0.2, -0.15) is 0 Å². The zero-order valence-corrected chi connectivity index (χ0v) is 23.8. The molecular formula is C33H34N4O3S. The third kappa shape index (κ3) is 5.94. The van der Waals surface area contributed by atoms with Gasteiger partial charge in [0.05, 0.1) is 23.5 Å². The lowest BCUT2D eigenvalue weighted by Gasteiger charge is -2.35. The summed E-state index contributed by atoms with van der Waals surface area (Å²) in [5, 5.41) is 2.62. The van der Waals surface area contributed by atoms with Crippen molar-refractivity contribution in [2.75, 3.05) is 13.1 Å². The number of amides is 1. The second-order valence-corrected chi connectivity index (χ2v) is 11.2. The molecule has 1 aliphatic heterocycles. The molecule has 0 radical (unpaired) electrons. The Morgan fingerprint density at radius 3 is 2.32 bits per heavy atom. The fraction of sp³-hybridized carbons (Fsp3) is 0.303. The number of hydrogen-bond acceptors (Lipinski definition) is 6. The van der Waals surface area contributed by atoms with E-state index < -0.39 is 5.37 Å². The number of aromatic nitrogens is 2. The van der Waals surface area contributed by atoms with Crippen LogP contribution in [0.3, 0.4) is 0 Å². The van der Waals surface area contributed by atoms with Gasteiger partial charge in [0.15, 0.2) is 0 Å². The van der Waals surface area contributed by atoms with E-state index in [4.69, 9.17) is 22.3 Å². The van der Waals surface area contributed by atoms with Gasteiger partial charge in [0.1, 0.15) is 23.6 Å². The average molecular weight is 567 g/mol. The summed E-state index contributed by atoms with van der Waals surface area (Å²) in [5.41, 5.74) is 4.12. The number of nitrogens with one attached hydrogen (secondary N) is 1. The number of thiol groups is 1. The molecule has 2 aliphatic rings. The first-order valence-corrected chi connectivity index (χ1v) is 14.7. The molecule has 1 fully saturated rings. The smallest absolute Gasteiger partial charge is 0.264 e. The predicted octanol–water partition coefficient (Wildman–Crippen LogP) is 5.18. The summed E-state index contributed by atoms with van der Waals surface area (Å²) in [6, 6.07) is 27.6. The molecule has 1 aromatic heterocycles. The van der Waals surface area contributed by atoms with Gasteiger partial charge in [-0.25, -0.2) is 4.98 Å². The molecule has 0 spiro atoms. The maximum atomic E-state index is 13.9. The molecule has 6 rings (SSSR count). The topological polar surface area (TPSA) is 76.5 Å². The molecule has 4 aromatic rings. The number of hydrogen-bond donors (Lipinski definition) is 2. The van der Waals surface area contributed by atoms with E-state index in [1.165, 1.54) is 0 Å². The molecule has 1 N–H and O–H groups in total. The van der Waals surface area contributed by atoms with Crippen LogP contribution in [0.2, 0.25) is 0 Å². The molecule has 1 amide bonds. The van der Waals surface area contributed by atoms with E-state index in [0.717, 1.165) is 53.3 Å². The highest BCUT2D eigenvalue weighted by atomic mass is 32.1. The number of benzene rings is 3. The van der Waals surface area contributed by atoms with Crippen LogP contribution < -0.4 is 15.6 Å². The van der Waals surface area contributed by atoms with Crippen LogP contribution in [-0.2, 0) is 24.4 Å². The fourth-order valence-electron chi connectivity index (χ4n) is 5.43. The van der Waals surface area contributed by atoms with Crippen molar-refractivity contribution in [3.05, 3.63) is 123 Å². The summed E-state index contributed by atoms with van der Waals surface area (Å²) in [7, 11) is 0. The second-order valence-electron chi connectivity index (χ2n) is 10.7. The normalized spacial score (nSPS) is 16.6. The molecule has 1 saturated carbocycles. The third-order valence-corrected chi connectivity index (χ3v) is 8.48. The molecule has 1 unspecified atom stereocenters. The van der Waals surface area contributed by atoms with E-state index in [1.807, 2.05) is 84.9 Å². The average Bonchev–Trinajstić information content (AvgIpc) is 2.97. The highest BCUT2D eigenvalue weighted by Gasteiger charge is 2.35. The van der Waals surface area contributed by atoms with Gasteiger partial charge in [-0.1, -0.05) is 67.1 Å². The Hall–Kier alpha value is -3.88. The van der Waals surface area contributed by atoms with Gasteiger partial charge in [0.2, 0.25) is 5.91 Å². The summed E-state index contributed by atoms with van der Waals surface area (Å²) in [4.78, 5) is 33.9. The van der Waals surface area contributed by atoms with E-state index in [1.54, 1.807) is 9.47 Å². The van der Waals surface area contributed by atoms with Gasteiger partial charge >= 0.3 is 0 Å². The first kappa shape index (κ1) is 27.3. The quantitative estimate of drug-likeness (QED) is 0.273. The first-order chi connectivity index (χ1) is 20.1. The largest absolute Gasteiger partial charge is 0.489 e. The van der Waals surface area contributed by atoms with E-state index in [2.05, 4.69) is 5.32 Å². The number of para-hydroxylation sites is 2. The van der Waals surface area contributed by atoms with Crippen LogP contribution in [0.1, 0.15) is 58.8 Å². The number of fused-ring (bicyclic) bond motifs is 1. The highest BCUT2D eigenvalue weighted by molar-refractivity contribution is 7.80. The minimum absolute atomic E-state index is 0.0859. The Balaban J connectivity index is 1.10. The van der Waals surface area contributed by atoms with Crippen molar-refractivity contribution in [2.45, 2.75) is 50.1 Å². The van der Waals surface area contributed by atoms with Crippen LogP contribution >= 0.6 is 12.6 Å². The van der Waals surface area contributed by atoms with Gasteiger partial charge in [-0.05, 0) is 48.2 Å². The van der Waals surface area contributed by atoms with Gasteiger partial charge in [0.25, 0.3) is 5.56 Å². The summed E-state index contributed by atoms with van der Waals surface area (Å²) in [6.07, 6.45) is 3.80. The van der Waals surface area contributed by atoms with Gasteiger partial charge in [0, 0.05) is 25.4 Å². The van der Waals surface area contributed by atoms with Crippen LogP contribution in [0, 0.1) is 0 Å². The lowest BCUT2D eigenvalue weighted by atomic mass is 9.84. The Morgan fingerprint density at radius 2 is 1.63 bits per heavy atom. The molecule has 210 valence electrons. The van der Waals surface area contributed by atoms with Crippen molar-refractivity contribution in [2.24, 2.45) is 0 Å². The zero-order valence-electron chi connectivity index (χ0n) is 22.9. The monoisotopic (exact) mass is 566 g/mol. The van der Waals surface area contributed by atoms with Crippen LogP contribution in [0.15, 0.2) is 89.7 Å². The molecule has 1 aliphatic carbocycles. The van der Waals surface area contributed by atoms with Crippen LogP contribution in [0.4, 0.5) is 0 Å². The van der Waals surface area contributed by atoms with Crippen LogP contribution in [0.25, 0.3) is 5.69 Å². The van der Waals surface area contributed by atoms with E-state index in [-0.39, 0.29) is 18.0 Å². The number of carbonyl (C=O) groups is 1. The van der Waals surface area contributed by atoms with E-state index in [9.17, 15) is 9.59 Å². The standard InChI is InChI=1S/C33H34N4O3S/c38-29(21-34-20-23-14-16-24(17-15-23)22-40-27-12-5-2-6-13-27)36-19-18-28-30(33(36)41)32(39)37(26-10-3-1-4-11-26)31(35-28)25-8-7-9-25/h1-6,10-17,25,33-34,41H,7-9,18-22H2. The molecule has 2 heterocycles. The van der Waals surface area contributed by atoms with Crippen molar-refractivity contribution in [3.8, 4) is 11.4 Å². The SMILES string of the molecule is O=C(CNCc1ccc(COc2ccccc2)cc1)N1CCc2nc(C3CCC3)n(-c3ccccc3)c(=O)c2C1S. The van der Waals surface area contributed by atoms with Crippen molar-refractivity contribution < 1.29 is 9.53 Å². The maximum Gasteiger partial charge on any atom is 0.264 e. The van der Waals surface area contributed by atoms with Gasteiger partial charge in [-0.15, -0.1) is 12.6 Å². The van der Waals surface area contributed by atoms with Crippen LogP contribution in [0.5, 0.6) is 5.75 Å². The zero-order chi connectivity index (χ0) is 28.2. The van der Waals surface area contributed by atoms with Gasteiger partial charge < -0.3 is 15.0 Å². The molecule has 0 saturated heterocycles. The second kappa shape index (κ2) is 12.3. The van der Waals surface area contributed by atoms with Crippen molar-refractivity contribution in [1.29, 1.82) is 0 Å². The van der Waals surface area contributed by atoms with Crippen molar-refractivity contribution >= 4 is 18.5 Å². The third-order valence-electron chi connectivity index (χ3n) is 7.95. The molecular weight excluding hydrogens is 532 g/mol. The molecule has 7 nitrogen and oxygen atoms in total. The predicted molar refractivity (Wildman–Crippen MR) is 162 cm³/mol. The lowest BCUT2D eigenvalue weighted by molar-refractivity contribution is -0.131. The molecule has 1 atom stereocenters.